The minimum Gasteiger partial charge on any atom is -0.381 e. The van der Waals surface area contributed by atoms with Crippen molar-refractivity contribution in [3.63, 3.8) is 0 Å². The number of carbonyl (C=O) groups excluding carboxylic acids is 1. The van der Waals surface area contributed by atoms with Crippen LogP contribution in [0.1, 0.15) is 84.5 Å². The normalized spacial score (nSPS) is 28.9. The molecule has 0 aromatic heterocycles. The summed E-state index contributed by atoms with van der Waals surface area (Å²) in [5.74, 6) is 2.26. The molecular weight excluding hydrogens is 382 g/mol. The lowest BCUT2D eigenvalue weighted by molar-refractivity contribution is 0.0625. The zero-order valence-corrected chi connectivity index (χ0v) is 19.9. The van der Waals surface area contributed by atoms with Gasteiger partial charge in [-0.3, -0.25) is 4.72 Å². The number of urea groups is 1. The Balaban J connectivity index is 1.46. The Labute approximate surface area is 183 Å². The first-order valence-corrected chi connectivity index (χ1v) is 13.1. The minimum atomic E-state index is 0.0409. The predicted octanol–water partition coefficient (Wildman–Crippen LogP) is 5.12. The quantitative estimate of drug-likeness (QED) is 0.266. The summed E-state index contributed by atoms with van der Waals surface area (Å²) in [5.41, 5.74) is 0.0450. The van der Waals surface area contributed by atoms with Crippen LogP contribution in [0, 0.1) is 17.8 Å². The van der Waals surface area contributed by atoms with E-state index in [4.69, 9.17) is 4.74 Å². The molecule has 29 heavy (non-hydrogen) atoms. The standard InChI is InChI=1S/C23H45N3O2S/c1-19-14-21-15-20(2)17-23(16-19,18-21)26-22(27)24-10-6-4-8-12-28-13-9-5-7-11-25-29-3/h19-21,25H,4-18H2,1-3H3,(H2,24,26,27). The van der Waals surface area contributed by atoms with Gasteiger partial charge in [0.15, 0.2) is 0 Å². The molecule has 2 bridgehead atoms. The van der Waals surface area contributed by atoms with Crippen molar-refractivity contribution in [2.45, 2.75) is 90.0 Å². The topological polar surface area (TPSA) is 62.4 Å². The fourth-order valence-corrected chi connectivity index (χ4v) is 5.98. The summed E-state index contributed by atoms with van der Waals surface area (Å²) >= 11 is 1.69. The Hall–Kier alpha value is -0.460. The van der Waals surface area contributed by atoms with Gasteiger partial charge in [-0.05, 0) is 94.6 Å². The number of amides is 2. The smallest absolute Gasteiger partial charge is 0.315 e. The van der Waals surface area contributed by atoms with Crippen molar-refractivity contribution in [2.75, 3.05) is 32.6 Å². The van der Waals surface area contributed by atoms with E-state index in [9.17, 15) is 4.79 Å². The van der Waals surface area contributed by atoms with Crippen LogP contribution in [0.25, 0.3) is 0 Å². The van der Waals surface area contributed by atoms with E-state index in [1.807, 2.05) is 0 Å². The van der Waals surface area contributed by atoms with E-state index in [0.717, 1.165) is 82.6 Å². The summed E-state index contributed by atoms with van der Waals surface area (Å²) in [6.45, 7) is 8.26. The number of nitrogens with one attached hydrogen (secondary N) is 3. The van der Waals surface area contributed by atoms with Crippen molar-refractivity contribution in [3.05, 3.63) is 0 Å². The molecule has 5 nitrogen and oxygen atoms in total. The van der Waals surface area contributed by atoms with Crippen LogP contribution in [0.15, 0.2) is 0 Å². The number of hydrogen-bond donors (Lipinski definition) is 3. The van der Waals surface area contributed by atoms with Gasteiger partial charge in [-0.15, -0.1) is 0 Å². The molecule has 2 fully saturated rings. The highest BCUT2D eigenvalue weighted by Gasteiger charge is 2.44. The van der Waals surface area contributed by atoms with Gasteiger partial charge in [-0.25, -0.2) is 4.79 Å². The Bertz CT molecular complexity index is 444. The fraction of sp³-hybridized carbons (Fsp3) is 0.957. The monoisotopic (exact) mass is 427 g/mol. The van der Waals surface area contributed by atoms with Gasteiger partial charge in [0.2, 0.25) is 0 Å². The third kappa shape index (κ3) is 9.93. The molecule has 0 heterocycles. The molecule has 0 aromatic carbocycles. The van der Waals surface area contributed by atoms with Crippen LogP contribution in [-0.4, -0.2) is 44.1 Å². The Kier molecular flexibility index (Phi) is 11.8. The molecule has 2 unspecified atom stereocenters. The average molecular weight is 428 g/mol. The van der Waals surface area contributed by atoms with E-state index in [1.54, 1.807) is 11.9 Å². The second-order valence-electron chi connectivity index (χ2n) is 9.65. The Morgan fingerprint density at radius 1 is 0.931 bits per heavy atom. The van der Waals surface area contributed by atoms with E-state index < -0.39 is 0 Å². The summed E-state index contributed by atoms with van der Waals surface area (Å²) in [5, 5.41) is 6.48. The first-order valence-electron chi connectivity index (χ1n) is 11.9. The molecule has 0 aliphatic heterocycles. The Morgan fingerprint density at radius 3 is 2.17 bits per heavy atom. The first kappa shape index (κ1) is 24.8. The highest BCUT2D eigenvalue weighted by molar-refractivity contribution is 7.96. The van der Waals surface area contributed by atoms with E-state index in [-0.39, 0.29) is 11.6 Å². The highest BCUT2D eigenvalue weighted by atomic mass is 32.2. The van der Waals surface area contributed by atoms with Crippen molar-refractivity contribution >= 4 is 18.0 Å². The SMILES string of the molecule is CSNCCCCCOCCCCCNC(=O)NC12CC(C)CC(CC(C)C1)C2. The van der Waals surface area contributed by atoms with Crippen molar-refractivity contribution < 1.29 is 9.53 Å². The zero-order valence-electron chi connectivity index (χ0n) is 19.1. The van der Waals surface area contributed by atoms with E-state index in [0.29, 0.717) is 0 Å². The Morgan fingerprint density at radius 2 is 1.55 bits per heavy atom. The molecule has 0 radical (unpaired) electrons. The molecule has 0 spiro atoms. The van der Waals surface area contributed by atoms with Gasteiger partial charge in [0, 0.05) is 31.8 Å². The van der Waals surface area contributed by atoms with Gasteiger partial charge in [-0.2, -0.15) is 0 Å². The predicted molar refractivity (Wildman–Crippen MR) is 124 cm³/mol. The molecular formula is C23H45N3O2S. The third-order valence-electron chi connectivity index (χ3n) is 6.47. The molecule has 6 heteroatoms. The van der Waals surface area contributed by atoms with Gasteiger partial charge < -0.3 is 15.4 Å². The van der Waals surface area contributed by atoms with Crippen LogP contribution in [0.5, 0.6) is 0 Å². The molecule has 0 aromatic rings. The molecule has 2 atom stereocenters. The lowest BCUT2D eigenvalue weighted by Crippen LogP contribution is -2.58. The second-order valence-corrected chi connectivity index (χ2v) is 10.4. The maximum absolute atomic E-state index is 12.5. The van der Waals surface area contributed by atoms with E-state index in [1.165, 1.54) is 32.1 Å². The molecule has 170 valence electrons. The first-order chi connectivity index (χ1) is 14.0. The van der Waals surface area contributed by atoms with Crippen LogP contribution in [-0.2, 0) is 4.74 Å². The summed E-state index contributed by atoms with van der Waals surface area (Å²) in [4.78, 5) is 12.5. The van der Waals surface area contributed by atoms with Crippen molar-refractivity contribution in [2.24, 2.45) is 17.8 Å². The summed E-state index contributed by atoms with van der Waals surface area (Å²) in [6, 6.07) is 0.0409. The highest BCUT2D eigenvalue weighted by Crippen LogP contribution is 2.47. The van der Waals surface area contributed by atoms with Crippen molar-refractivity contribution in [1.82, 2.24) is 15.4 Å². The molecule has 3 N–H and O–H groups in total. The molecule has 2 aliphatic rings. The fourth-order valence-electron chi connectivity index (χ4n) is 5.63. The van der Waals surface area contributed by atoms with Gasteiger partial charge in [0.05, 0.1) is 0 Å². The van der Waals surface area contributed by atoms with E-state index >= 15 is 0 Å². The lowest BCUT2D eigenvalue weighted by atomic mass is 9.61. The molecule has 2 amide bonds. The van der Waals surface area contributed by atoms with Crippen molar-refractivity contribution in [3.8, 4) is 0 Å². The summed E-state index contributed by atoms with van der Waals surface area (Å²) in [7, 11) is 0. The van der Waals surface area contributed by atoms with Gasteiger partial charge >= 0.3 is 6.03 Å². The van der Waals surface area contributed by atoms with Crippen LogP contribution in [0.3, 0.4) is 0 Å². The average Bonchev–Trinajstić information content (AvgIpc) is 2.63. The number of unbranched alkanes of at least 4 members (excludes halogenated alkanes) is 4. The minimum absolute atomic E-state index is 0.0409. The van der Waals surface area contributed by atoms with Crippen LogP contribution >= 0.6 is 11.9 Å². The number of fused-ring (bicyclic) bond motifs is 2. The van der Waals surface area contributed by atoms with Crippen LogP contribution in [0.2, 0.25) is 0 Å². The maximum atomic E-state index is 12.5. The number of ether oxygens (including phenoxy) is 1. The zero-order chi connectivity index (χ0) is 21.0. The number of carbonyl (C=O) groups is 1. The van der Waals surface area contributed by atoms with Gasteiger partial charge in [0.1, 0.15) is 0 Å². The largest absolute Gasteiger partial charge is 0.381 e. The number of rotatable bonds is 14. The van der Waals surface area contributed by atoms with Crippen LogP contribution in [0.4, 0.5) is 4.79 Å². The lowest BCUT2D eigenvalue weighted by Gasteiger charge is -2.50. The maximum Gasteiger partial charge on any atom is 0.315 e. The van der Waals surface area contributed by atoms with E-state index in [2.05, 4.69) is 35.5 Å². The second kappa shape index (κ2) is 13.8. The summed E-state index contributed by atoms with van der Waals surface area (Å²) < 4.78 is 8.97. The van der Waals surface area contributed by atoms with Crippen molar-refractivity contribution in [1.29, 1.82) is 0 Å². The molecule has 2 rings (SSSR count). The molecule has 2 saturated carbocycles. The molecule has 2 aliphatic carbocycles. The van der Waals surface area contributed by atoms with Gasteiger partial charge in [-0.1, -0.05) is 25.8 Å². The number of hydrogen-bond acceptors (Lipinski definition) is 4. The summed E-state index contributed by atoms with van der Waals surface area (Å²) in [6.07, 6.45) is 15.0. The van der Waals surface area contributed by atoms with Gasteiger partial charge in [0.25, 0.3) is 0 Å². The third-order valence-corrected chi connectivity index (χ3v) is 6.96. The molecule has 0 saturated heterocycles. The van der Waals surface area contributed by atoms with Crippen LogP contribution < -0.4 is 15.4 Å².